The molecule has 1 fully saturated rings. The highest BCUT2D eigenvalue weighted by Crippen LogP contribution is 2.40. The number of ether oxygens (including phenoxy) is 2. The highest BCUT2D eigenvalue weighted by atomic mass is 16.5. The van der Waals surface area contributed by atoms with Crippen molar-refractivity contribution in [1.82, 2.24) is 20.0 Å². The molecule has 2 aromatic carbocycles. The fourth-order valence-corrected chi connectivity index (χ4v) is 4.58. The number of carbonyl (C=O) groups is 2. The number of methoxy groups -OCH3 is 1. The third kappa shape index (κ3) is 4.10. The molecule has 1 saturated heterocycles. The number of H-pyrrole nitrogens is 1. The summed E-state index contributed by atoms with van der Waals surface area (Å²) in [5.41, 5.74) is 2.94. The molecule has 0 atom stereocenters. The van der Waals surface area contributed by atoms with Crippen molar-refractivity contribution in [3.63, 3.8) is 0 Å². The molecule has 0 radical (unpaired) electrons. The van der Waals surface area contributed by atoms with Crippen LogP contribution in [0.2, 0.25) is 0 Å². The van der Waals surface area contributed by atoms with E-state index in [1.54, 1.807) is 19.3 Å². The number of hydrogen-bond acceptors (Lipinski definition) is 6. The lowest BCUT2D eigenvalue weighted by molar-refractivity contribution is 0.101. The van der Waals surface area contributed by atoms with Gasteiger partial charge in [-0.2, -0.15) is 5.10 Å². The van der Waals surface area contributed by atoms with Crippen LogP contribution in [0.3, 0.4) is 0 Å². The maximum absolute atomic E-state index is 13.1. The largest absolute Gasteiger partial charge is 0.496 e. The number of allylic oxidation sites excluding steroid dienone is 1. The van der Waals surface area contributed by atoms with Crippen molar-refractivity contribution in [3.8, 4) is 11.5 Å². The SMILES string of the molecule is COc1ccc2c(c1CCCN1CCN(C(=O)O)CC1)O/C(=C\c1n[nH]c3ccccc13)C2=O. The van der Waals surface area contributed by atoms with E-state index in [0.717, 1.165) is 42.5 Å². The summed E-state index contributed by atoms with van der Waals surface area (Å²) in [5.74, 6) is 1.31. The minimum atomic E-state index is -0.863. The summed E-state index contributed by atoms with van der Waals surface area (Å²) in [6.07, 6.45) is 2.33. The van der Waals surface area contributed by atoms with Gasteiger partial charge in [-0.05, 0) is 37.6 Å². The van der Waals surface area contributed by atoms with E-state index in [9.17, 15) is 9.59 Å². The van der Waals surface area contributed by atoms with Gasteiger partial charge in [-0.25, -0.2) is 4.79 Å². The fourth-order valence-electron chi connectivity index (χ4n) is 4.58. The molecule has 0 spiro atoms. The maximum Gasteiger partial charge on any atom is 0.407 e. The van der Waals surface area contributed by atoms with Crippen LogP contribution in [0.4, 0.5) is 4.79 Å². The molecule has 9 heteroatoms. The molecule has 2 aliphatic rings. The van der Waals surface area contributed by atoms with E-state index in [1.807, 2.05) is 30.3 Å². The lowest BCUT2D eigenvalue weighted by atomic mass is 10.0. The van der Waals surface area contributed by atoms with Crippen LogP contribution in [0.1, 0.15) is 28.0 Å². The van der Waals surface area contributed by atoms with E-state index < -0.39 is 6.09 Å². The van der Waals surface area contributed by atoms with Crippen molar-refractivity contribution in [2.24, 2.45) is 0 Å². The summed E-state index contributed by atoms with van der Waals surface area (Å²) in [6.45, 7) is 3.31. The molecular weight excluding hydrogens is 436 g/mol. The number of fused-ring (bicyclic) bond motifs is 2. The molecule has 0 unspecified atom stereocenters. The molecule has 0 saturated carbocycles. The normalized spacial score (nSPS) is 17.3. The number of benzene rings is 2. The van der Waals surface area contributed by atoms with E-state index >= 15 is 0 Å². The van der Waals surface area contributed by atoms with Gasteiger partial charge < -0.3 is 19.5 Å². The number of piperazine rings is 1. The number of hydrogen-bond donors (Lipinski definition) is 2. The third-order valence-corrected chi connectivity index (χ3v) is 6.43. The van der Waals surface area contributed by atoms with Crippen LogP contribution in [0.25, 0.3) is 17.0 Å². The van der Waals surface area contributed by atoms with Crippen LogP contribution in [0.15, 0.2) is 42.2 Å². The Morgan fingerprint density at radius 3 is 2.76 bits per heavy atom. The Bertz CT molecular complexity index is 1270. The Morgan fingerprint density at radius 2 is 2.00 bits per heavy atom. The van der Waals surface area contributed by atoms with Gasteiger partial charge in [-0.15, -0.1) is 0 Å². The van der Waals surface area contributed by atoms with Crippen LogP contribution in [-0.2, 0) is 6.42 Å². The van der Waals surface area contributed by atoms with Gasteiger partial charge in [0.2, 0.25) is 5.78 Å². The molecule has 3 aromatic rings. The minimum Gasteiger partial charge on any atom is -0.496 e. The van der Waals surface area contributed by atoms with Crippen LogP contribution >= 0.6 is 0 Å². The zero-order valence-electron chi connectivity index (χ0n) is 18.9. The maximum atomic E-state index is 13.1. The number of nitrogens with one attached hydrogen (secondary N) is 1. The monoisotopic (exact) mass is 462 g/mol. The van der Waals surface area contributed by atoms with Gasteiger partial charge in [0.15, 0.2) is 5.76 Å². The second kappa shape index (κ2) is 9.18. The predicted molar refractivity (Wildman–Crippen MR) is 126 cm³/mol. The topological polar surface area (TPSA) is 108 Å². The van der Waals surface area contributed by atoms with Crippen molar-refractivity contribution in [3.05, 3.63) is 59.0 Å². The van der Waals surface area contributed by atoms with Gasteiger partial charge in [0, 0.05) is 43.2 Å². The van der Waals surface area contributed by atoms with Gasteiger partial charge >= 0.3 is 6.09 Å². The zero-order valence-corrected chi connectivity index (χ0v) is 18.9. The van der Waals surface area contributed by atoms with E-state index in [0.29, 0.717) is 42.3 Å². The van der Waals surface area contributed by atoms with Crippen molar-refractivity contribution >= 4 is 28.9 Å². The van der Waals surface area contributed by atoms with Crippen LogP contribution in [0.5, 0.6) is 11.5 Å². The standard InChI is InChI=1S/C25H26N4O5/c1-33-21-9-8-18-23(30)22(15-20-16-5-2-3-7-19(16)26-27-20)34-24(18)17(21)6-4-10-28-11-13-29(14-12-28)25(31)32/h2-3,5,7-9,15H,4,6,10-14H2,1H3,(H,26,27)(H,31,32)/b22-15-. The van der Waals surface area contributed by atoms with Gasteiger partial charge in [0.25, 0.3) is 0 Å². The number of nitrogens with zero attached hydrogens (tertiary/aromatic N) is 3. The van der Waals surface area contributed by atoms with E-state index in [2.05, 4.69) is 15.1 Å². The van der Waals surface area contributed by atoms with Crippen molar-refractivity contribution in [2.75, 3.05) is 39.8 Å². The number of carbonyl (C=O) groups excluding carboxylic acids is 1. The molecule has 0 bridgehead atoms. The van der Waals surface area contributed by atoms with Crippen molar-refractivity contribution in [2.45, 2.75) is 12.8 Å². The summed E-state index contributed by atoms with van der Waals surface area (Å²) in [5, 5.41) is 17.3. The highest BCUT2D eigenvalue weighted by molar-refractivity contribution is 6.15. The first-order valence-corrected chi connectivity index (χ1v) is 11.3. The summed E-state index contributed by atoms with van der Waals surface area (Å²) in [6, 6.07) is 11.3. The number of amides is 1. The average molecular weight is 463 g/mol. The first-order chi connectivity index (χ1) is 16.5. The first-order valence-electron chi connectivity index (χ1n) is 11.3. The second-order valence-corrected chi connectivity index (χ2v) is 8.43. The zero-order chi connectivity index (χ0) is 23.7. The first kappa shape index (κ1) is 22.0. The second-order valence-electron chi connectivity index (χ2n) is 8.43. The Morgan fingerprint density at radius 1 is 1.21 bits per heavy atom. The summed E-state index contributed by atoms with van der Waals surface area (Å²) < 4.78 is 11.7. The minimum absolute atomic E-state index is 0.171. The van der Waals surface area contributed by atoms with E-state index in [-0.39, 0.29) is 11.5 Å². The molecule has 1 amide bonds. The van der Waals surface area contributed by atoms with Gasteiger partial charge in [0.1, 0.15) is 11.5 Å². The Hall–Kier alpha value is -3.85. The number of ketones is 1. The molecular formula is C25H26N4O5. The van der Waals surface area contributed by atoms with E-state index in [4.69, 9.17) is 14.6 Å². The van der Waals surface area contributed by atoms with Gasteiger partial charge in [-0.1, -0.05) is 18.2 Å². The number of rotatable bonds is 6. The number of carboxylic acid groups (broad SMARTS) is 1. The molecule has 3 heterocycles. The molecule has 1 aromatic heterocycles. The summed E-state index contributed by atoms with van der Waals surface area (Å²) in [4.78, 5) is 27.9. The Labute approximate surface area is 196 Å². The van der Waals surface area contributed by atoms with Gasteiger partial charge in [-0.3, -0.25) is 14.8 Å². The smallest absolute Gasteiger partial charge is 0.407 e. The fraction of sp³-hybridized carbons (Fsp3) is 0.320. The number of Topliss-reactive ketones (excluding diaryl/α,β-unsaturated/α-hetero) is 1. The van der Waals surface area contributed by atoms with Crippen LogP contribution in [-0.4, -0.2) is 76.8 Å². The molecule has 0 aliphatic carbocycles. The molecule has 9 nitrogen and oxygen atoms in total. The molecule has 2 aliphatic heterocycles. The number of para-hydroxylation sites is 1. The van der Waals surface area contributed by atoms with Crippen molar-refractivity contribution < 1.29 is 24.2 Å². The lowest BCUT2D eigenvalue weighted by Gasteiger charge is -2.33. The highest BCUT2D eigenvalue weighted by Gasteiger charge is 2.32. The summed E-state index contributed by atoms with van der Waals surface area (Å²) in [7, 11) is 1.61. The molecule has 176 valence electrons. The molecule has 34 heavy (non-hydrogen) atoms. The quantitative estimate of drug-likeness (QED) is 0.541. The molecule has 5 rings (SSSR count). The van der Waals surface area contributed by atoms with Crippen LogP contribution in [0, 0.1) is 0 Å². The van der Waals surface area contributed by atoms with Gasteiger partial charge in [0.05, 0.1) is 23.9 Å². The number of aromatic amines is 1. The lowest BCUT2D eigenvalue weighted by Crippen LogP contribution is -2.48. The summed E-state index contributed by atoms with van der Waals surface area (Å²) >= 11 is 0. The Balaban J connectivity index is 1.32. The number of aromatic nitrogens is 2. The molecule has 2 N–H and O–H groups in total. The van der Waals surface area contributed by atoms with E-state index in [1.165, 1.54) is 4.90 Å². The predicted octanol–water partition coefficient (Wildman–Crippen LogP) is 3.42. The van der Waals surface area contributed by atoms with Crippen molar-refractivity contribution in [1.29, 1.82) is 0 Å². The third-order valence-electron chi connectivity index (χ3n) is 6.43. The average Bonchev–Trinajstić information content (AvgIpc) is 3.41. The Kier molecular flexibility index (Phi) is 5.93. The van der Waals surface area contributed by atoms with Crippen LogP contribution < -0.4 is 9.47 Å².